The van der Waals surface area contributed by atoms with Gasteiger partial charge in [0.25, 0.3) is 0 Å². The summed E-state index contributed by atoms with van der Waals surface area (Å²) in [5.41, 5.74) is 2.44. The van der Waals surface area contributed by atoms with Crippen LogP contribution in [0.15, 0.2) is 36.4 Å². The highest BCUT2D eigenvalue weighted by Gasteiger charge is 2.22. The Bertz CT molecular complexity index is 817. The number of carbonyl (C=O) groups excluding carboxylic acids is 1. The maximum atomic E-state index is 14.7. The van der Waals surface area contributed by atoms with Crippen molar-refractivity contribution in [2.75, 3.05) is 0 Å². The molecule has 0 radical (unpaired) electrons. The van der Waals surface area contributed by atoms with Gasteiger partial charge in [0.15, 0.2) is 17.3 Å². The Labute approximate surface area is 174 Å². The molecule has 1 aliphatic carbocycles. The van der Waals surface area contributed by atoms with Crippen molar-refractivity contribution in [3.8, 4) is 16.9 Å². The van der Waals surface area contributed by atoms with Gasteiger partial charge in [-0.3, -0.25) is 4.79 Å². The summed E-state index contributed by atoms with van der Waals surface area (Å²) in [4.78, 5) is 11.8. The number of unbranched alkanes of at least 4 members (excludes halogenated alkanes) is 2. The molecular weight excluding hydrogens is 363 g/mol. The van der Waals surface area contributed by atoms with Crippen molar-refractivity contribution in [1.82, 2.24) is 0 Å². The number of halogens is 1. The smallest absolute Gasteiger partial charge is 0.173 e. The number of phenolic OH excluding ortho intramolecular Hbond substituents is 1. The van der Waals surface area contributed by atoms with Crippen molar-refractivity contribution in [2.24, 2.45) is 5.92 Å². The van der Waals surface area contributed by atoms with Gasteiger partial charge in [0.1, 0.15) is 0 Å². The maximum absolute atomic E-state index is 14.7. The van der Waals surface area contributed by atoms with E-state index in [4.69, 9.17) is 0 Å². The molecule has 0 unspecified atom stereocenters. The molecule has 0 aromatic heterocycles. The lowest BCUT2D eigenvalue weighted by Gasteiger charge is -2.29. The number of rotatable bonds is 8. The fraction of sp³-hybridized carbons (Fsp3) is 0.500. The van der Waals surface area contributed by atoms with Crippen molar-refractivity contribution in [3.63, 3.8) is 0 Å². The highest BCUT2D eigenvalue weighted by molar-refractivity contribution is 5.99. The van der Waals surface area contributed by atoms with Crippen LogP contribution < -0.4 is 0 Å². The van der Waals surface area contributed by atoms with E-state index in [1.54, 1.807) is 13.0 Å². The summed E-state index contributed by atoms with van der Waals surface area (Å²) in [6.07, 6.45) is 10.7. The van der Waals surface area contributed by atoms with Crippen LogP contribution in [0.3, 0.4) is 0 Å². The van der Waals surface area contributed by atoms with Crippen LogP contribution in [0.4, 0.5) is 4.39 Å². The summed E-state index contributed by atoms with van der Waals surface area (Å²) < 4.78 is 14.7. The number of benzene rings is 2. The first kappa shape index (κ1) is 21.5. The zero-order valence-corrected chi connectivity index (χ0v) is 17.7. The summed E-state index contributed by atoms with van der Waals surface area (Å²) in [5, 5.41) is 10.1. The zero-order chi connectivity index (χ0) is 20.8. The van der Waals surface area contributed by atoms with Crippen molar-refractivity contribution >= 4 is 5.78 Å². The molecule has 2 aromatic rings. The molecule has 0 bridgehead atoms. The largest absolute Gasteiger partial charge is 0.504 e. The summed E-state index contributed by atoms with van der Waals surface area (Å²) in [5.74, 6) is -0.0363. The second-order valence-corrected chi connectivity index (χ2v) is 8.44. The van der Waals surface area contributed by atoms with Gasteiger partial charge in [-0.1, -0.05) is 69.9 Å². The van der Waals surface area contributed by atoms with Crippen molar-refractivity contribution in [2.45, 2.75) is 77.6 Å². The minimum absolute atomic E-state index is 0.0565. The Morgan fingerprint density at radius 2 is 1.69 bits per heavy atom. The highest BCUT2D eigenvalue weighted by atomic mass is 19.1. The fourth-order valence-corrected chi connectivity index (χ4v) is 4.61. The van der Waals surface area contributed by atoms with Gasteiger partial charge in [0, 0.05) is 12.0 Å². The third-order valence-corrected chi connectivity index (χ3v) is 6.49. The van der Waals surface area contributed by atoms with Crippen LogP contribution in [-0.4, -0.2) is 10.9 Å². The third kappa shape index (κ3) is 5.07. The van der Waals surface area contributed by atoms with E-state index in [2.05, 4.69) is 19.1 Å². The summed E-state index contributed by atoms with van der Waals surface area (Å²) >= 11 is 0. The predicted octanol–water partition coefficient (Wildman–Crippen LogP) is 7.65. The van der Waals surface area contributed by atoms with Crippen LogP contribution in [0.5, 0.6) is 5.75 Å². The van der Waals surface area contributed by atoms with Crippen molar-refractivity contribution in [1.29, 1.82) is 0 Å². The molecule has 1 saturated carbocycles. The number of Topliss-reactive ketones (excluding diaryl/α,β-unsaturated/α-hetero) is 1. The second kappa shape index (κ2) is 10.0. The Kier molecular flexibility index (Phi) is 7.46. The summed E-state index contributed by atoms with van der Waals surface area (Å²) in [7, 11) is 0. The Hall–Kier alpha value is -2.16. The lowest BCUT2D eigenvalue weighted by molar-refractivity contribution is 0.0985. The van der Waals surface area contributed by atoms with Gasteiger partial charge in [0.05, 0.1) is 5.56 Å². The quantitative estimate of drug-likeness (QED) is 0.367. The second-order valence-electron chi connectivity index (χ2n) is 8.44. The van der Waals surface area contributed by atoms with Crippen molar-refractivity contribution in [3.05, 3.63) is 53.3 Å². The van der Waals surface area contributed by atoms with Crippen LogP contribution in [0.1, 0.15) is 93.5 Å². The summed E-state index contributed by atoms with van der Waals surface area (Å²) in [6.45, 7) is 3.96. The van der Waals surface area contributed by atoms with Crippen LogP contribution in [0, 0.1) is 11.7 Å². The van der Waals surface area contributed by atoms with E-state index in [-0.39, 0.29) is 17.8 Å². The standard InChI is InChI=1S/C26H33FO2/c1-3-5-6-7-18-8-10-19(11-9-18)20-12-14-21(15-13-20)22-16-17-23(24(28)4-2)26(29)25(22)27/h12-19,29H,3-11H2,1-2H3. The maximum Gasteiger partial charge on any atom is 0.173 e. The first-order valence-corrected chi connectivity index (χ1v) is 11.2. The normalized spacial score (nSPS) is 19.3. The van der Waals surface area contributed by atoms with E-state index in [9.17, 15) is 14.3 Å². The average Bonchev–Trinajstić information content (AvgIpc) is 2.76. The molecule has 2 aromatic carbocycles. The molecule has 0 heterocycles. The molecular formula is C26H33FO2. The number of hydrogen-bond donors (Lipinski definition) is 1. The topological polar surface area (TPSA) is 37.3 Å². The monoisotopic (exact) mass is 396 g/mol. The van der Waals surface area contributed by atoms with E-state index < -0.39 is 11.6 Å². The number of hydrogen-bond acceptors (Lipinski definition) is 2. The lowest BCUT2D eigenvalue weighted by Crippen LogP contribution is -2.13. The molecule has 1 fully saturated rings. The van der Waals surface area contributed by atoms with E-state index in [1.807, 2.05) is 12.1 Å². The Morgan fingerprint density at radius 3 is 2.31 bits per heavy atom. The molecule has 1 aliphatic rings. The number of phenols is 1. The van der Waals surface area contributed by atoms with Crippen molar-refractivity contribution < 1.29 is 14.3 Å². The van der Waals surface area contributed by atoms with Crippen LogP contribution in [0.2, 0.25) is 0 Å². The molecule has 0 saturated heterocycles. The minimum Gasteiger partial charge on any atom is -0.504 e. The average molecular weight is 397 g/mol. The van der Waals surface area contributed by atoms with Gasteiger partial charge in [0.2, 0.25) is 0 Å². The predicted molar refractivity (Wildman–Crippen MR) is 117 cm³/mol. The summed E-state index contributed by atoms with van der Waals surface area (Å²) in [6, 6.07) is 11.2. The fourth-order valence-electron chi connectivity index (χ4n) is 4.61. The Balaban J connectivity index is 1.67. The SMILES string of the molecule is CCCCCC1CCC(c2ccc(-c3ccc(C(=O)CC)c(O)c3F)cc2)CC1. The van der Waals surface area contributed by atoms with E-state index in [1.165, 1.54) is 63.0 Å². The number of ketones is 1. The van der Waals surface area contributed by atoms with E-state index in [0.717, 1.165) is 11.5 Å². The molecule has 0 aliphatic heterocycles. The van der Waals surface area contributed by atoms with Gasteiger partial charge >= 0.3 is 0 Å². The molecule has 1 N–H and O–H groups in total. The van der Waals surface area contributed by atoms with Gasteiger partial charge in [-0.15, -0.1) is 0 Å². The minimum atomic E-state index is -0.718. The van der Waals surface area contributed by atoms with E-state index in [0.29, 0.717) is 11.5 Å². The highest BCUT2D eigenvalue weighted by Crippen LogP contribution is 2.39. The van der Waals surface area contributed by atoms with Gasteiger partial charge in [-0.05, 0) is 54.7 Å². The number of carbonyl (C=O) groups is 1. The molecule has 0 spiro atoms. The zero-order valence-electron chi connectivity index (χ0n) is 17.7. The molecule has 29 heavy (non-hydrogen) atoms. The van der Waals surface area contributed by atoms with Crippen LogP contribution in [-0.2, 0) is 0 Å². The third-order valence-electron chi connectivity index (χ3n) is 6.49. The van der Waals surface area contributed by atoms with Gasteiger partial charge in [-0.2, -0.15) is 0 Å². The van der Waals surface area contributed by atoms with Gasteiger partial charge < -0.3 is 5.11 Å². The first-order valence-electron chi connectivity index (χ1n) is 11.2. The Morgan fingerprint density at radius 1 is 1.00 bits per heavy atom. The van der Waals surface area contributed by atoms with Crippen LogP contribution in [0.25, 0.3) is 11.1 Å². The number of aromatic hydroxyl groups is 1. The lowest BCUT2D eigenvalue weighted by atomic mass is 9.77. The molecule has 3 rings (SSSR count). The molecule has 0 amide bonds. The van der Waals surface area contributed by atoms with E-state index >= 15 is 0 Å². The van der Waals surface area contributed by atoms with Crippen LogP contribution >= 0.6 is 0 Å². The molecule has 156 valence electrons. The molecule has 3 heteroatoms. The first-order chi connectivity index (χ1) is 14.0. The molecule has 2 nitrogen and oxygen atoms in total. The molecule has 0 atom stereocenters. The van der Waals surface area contributed by atoms with Gasteiger partial charge in [-0.25, -0.2) is 4.39 Å².